The molecule has 2 aromatic carbocycles. The summed E-state index contributed by atoms with van der Waals surface area (Å²) >= 11 is 3.21. The summed E-state index contributed by atoms with van der Waals surface area (Å²) in [5.41, 5.74) is 3.19. The Morgan fingerprint density at radius 1 is 1.18 bits per heavy atom. The van der Waals surface area contributed by atoms with Gasteiger partial charge in [0.15, 0.2) is 0 Å². The summed E-state index contributed by atoms with van der Waals surface area (Å²) in [5.74, 6) is 1.41. The van der Waals surface area contributed by atoms with Crippen LogP contribution in [0.3, 0.4) is 0 Å². The molecule has 1 amide bonds. The van der Waals surface area contributed by atoms with Gasteiger partial charge in [-0.1, -0.05) is 59.9 Å². The monoisotopic (exact) mass is 328 g/mol. The maximum absolute atomic E-state index is 12.3. The summed E-state index contributed by atoms with van der Waals surface area (Å²) in [4.78, 5) is 18.6. The second kappa shape index (κ2) is 7.03. The molecule has 0 aromatic heterocycles. The second-order valence-corrected chi connectivity index (χ2v) is 7.06. The molecule has 0 unspecified atom stereocenters. The van der Waals surface area contributed by atoms with Crippen molar-refractivity contribution >= 4 is 45.2 Å². The number of aliphatic imine (C=N–C) groups is 1. The first-order valence-corrected chi connectivity index (χ1v) is 8.95. The molecule has 1 aliphatic rings. The van der Waals surface area contributed by atoms with E-state index in [9.17, 15) is 4.79 Å². The zero-order valence-electron chi connectivity index (χ0n) is 12.2. The Bertz CT molecular complexity index is 701. The van der Waals surface area contributed by atoms with Gasteiger partial charge in [-0.15, -0.1) is 0 Å². The number of carbonyl (C=O) groups is 1. The summed E-state index contributed by atoms with van der Waals surface area (Å²) in [6, 6.07) is 17.8. The van der Waals surface area contributed by atoms with Crippen molar-refractivity contribution in [3.05, 3.63) is 60.2 Å². The number of hydrogen-bond donors (Lipinski definition) is 0. The van der Waals surface area contributed by atoms with E-state index in [-0.39, 0.29) is 5.91 Å². The Morgan fingerprint density at radius 2 is 1.91 bits per heavy atom. The molecule has 3 rings (SSSR count). The molecular formula is C17H16N2OS2. The van der Waals surface area contributed by atoms with Crippen LogP contribution in [0.2, 0.25) is 0 Å². The number of benzene rings is 2. The number of rotatable bonds is 3. The molecule has 0 radical (unpaired) electrons. The van der Waals surface area contributed by atoms with Crippen LogP contribution in [-0.4, -0.2) is 23.1 Å². The topological polar surface area (TPSA) is 32.7 Å². The zero-order chi connectivity index (χ0) is 15.4. The van der Waals surface area contributed by atoms with E-state index >= 15 is 0 Å². The summed E-state index contributed by atoms with van der Waals surface area (Å²) < 4.78 is 0.966. The molecular weight excluding hydrogens is 312 g/mol. The number of anilines is 1. The molecule has 0 atom stereocenters. The number of carbonyl (C=O) groups excluding carboxylic acids is 1. The minimum absolute atomic E-state index is 0.0818. The minimum Gasteiger partial charge on any atom is -0.315 e. The average molecular weight is 328 g/mol. The molecule has 5 heteroatoms. The zero-order valence-corrected chi connectivity index (χ0v) is 13.9. The number of nitrogens with zero attached hydrogens (tertiary/aromatic N) is 2. The lowest BCUT2D eigenvalue weighted by Crippen LogP contribution is -2.28. The molecule has 0 fully saturated rings. The van der Waals surface area contributed by atoms with Crippen molar-refractivity contribution in [2.45, 2.75) is 5.75 Å². The van der Waals surface area contributed by atoms with Crippen molar-refractivity contribution < 1.29 is 4.79 Å². The SMILES string of the molecule is CN(C(=O)CSC1=Nc2ccccc2CS1)c1ccccc1. The quantitative estimate of drug-likeness (QED) is 0.841. The van der Waals surface area contributed by atoms with Crippen LogP contribution in [0, 0.1) is 0 Å². The van der Waals surface area contributed by atoms with E-state index in [1.54, 1.807) is 16.7 Å². The Balaban J connectivity index is 1.61. The Hall–Kier alpha value is -1.72. The number of fused-ring (bicyclic) bond motifs is 1. The van der Waals surface area contributed by atoms with Crippen molar-refractivity contribution in [1.82, 2.24) is 0 Å². The molecule has 1 heterocycles. The fourth-order valence-electron chi connectivity index (χ4n) is 2.10. The van der Waals surface area contributed by atoms with Gasteiger partial charge in [0.2, 0.25) is 5.91 Å². The van der Waals surface area contributed by atoms with Gasteiger partial charge < -0.3 is 4.90 Å². The van der Waals surface area contributed by atoms with Gasteiger partial charge >= 0.3 is 0 Å². The van der Waals surface area contributed by atoms with Crippen molar-refractivity contribution in [3.63, 3.8) is 0 Å². The molecule has 3 nitrogen and oxygen atoms in total. The minimum atomic E-state index is 0.0818. The van der Waals surface area contributed by atoms with Crippen LogP contribution in [0.5, 0.6) is 0 Å². The van der Waals surface area contributed by atoms with Crippen molar-refractivity contribution in [2.24, 2.45) is 4.99 Å². The first-order valence-electron chi connectivity index (χ1n) is 6.98. The first-order chi connectivity index (χ1) is 10.7. The fourth-order valence-corrected chi connectivity index (χ4v) is 4.08. The van der Waals surface area contributed by atoms with Crippen molar-refractivity contribution in [2.75, 3.05) is 17.7 Å². The van der Waals surface area contributed by atoms with Crippen LogP contribution in [0.4, 0.5) is 11.4 Å². The molecule has 0 saturated carbocycles. The van der Waals surface area contributed by atoms with Gasteiger partial charge in [0.05, 0.1) is 11.4 Å². The number of amides is 1. The van der Waals surface area contributed by atoms with Gasteiger partial charge in [-0.3, -0.25) is 4.79 Å². The Morgan fingerprint density at radius 3 is 2.73 bits per heavy atom. The highest BCUT2D eigenvalue weighted by Gasteiger charge is 2.16. The van der Waals surface area contributed by atoms with Gasteiger partial charge in [0.25, 0.3) is 0 Å². The third kappa shape index (κ3) is 3.54. The first kappa shape index (κ1) is 15.2. The lowest BCUT2D eigenvalue weighted by molar-refractivity contribution is -0.115. The maximum Gasteiger partial charge on any atom is 0.237 e. The second-order valence-electron chi connectivity index (χ2n) is 4.87. The van der Waals surface area contributed by atoms with Gasteiger partial charge in [-0.05, 0) is 23.8 Å². The molecule has 0 saturated heterocycles. The van der Waals surface area contributed by atoms with Gasteiger partial charge in [-0.25, -0.2) is 4.99 Å². The normalized spacial score (nSPS) is 13.2. The van der Waals surface area contributed by atoms with Gasteiger partial charge in [0.1, 0.15) is 4.38 Å². The van der Waals surface area contributed by atoms with E-state index < -0.39 is 0 Å². The highest BCUT2D eigenvalue weighted by atomic mass is 32.2. The van der Waals surface area contributed by atoms with Crippen LogP contribution in [0.15, 0.2) is 59.6 Å². The molecule has 1 aliphatic heterocycles. The number of thioether (sulfide) groups is 2. The molecule has 22 heavy (non-hydrogen) atoms. The van der Waals surface area contributed by atoms with E-state index in [1.165, 1.54) is 17.3 Å². The van der Waals surface area contributed by atoms with E-state index in [1.807, 2.05) is 55.6 Å². The highest BCUT2D eigenvalue weighted by Crippen LogP contribution is 2.34. The predicted octanol–water partition coefficient (Wildman–Crippen LogP) is 4.32. The van der Waals surface area contributed by atoms with Crippen LogP contribution < -0.4 is 4.90 Å². The molecule has 0 N–H and O–H groups in total. The summed E-state index contributed by atoms with van der Waals surface area (Å²) in [6.45, 7) is 0. The summed E-state index contributed by atoms with van der Waals surface area (Å²) in [7, 11) is 1.81. The van der Waals surface area contributed by atoms with Crippen LogP contribution in [0.1, 0.15) is 5.56 Å². The predicted molar refractivity (Wildman–Crippen MR) is 97.1 cm³/mol. The van der Waals surface area contributed by atoms with E-state index in [0.29, 0.717) is 5.75 Å². The molecule has 112 valence electrons. The highest BCUT2D eigenvalue weighted by molar-refractivity contribution is 8.38. The smallest absolute Gasteiger partial charge is 0.237 e. The van der Waals surface area contributed by atoms with Gasteiger partial charge in [0, 0.05) is 18.5 Å². The van der Waals surface area contributed by atoms with E-state index in [4.69, 9.17) is 0 Å². The maximum atomic E-state index is 12.3. The van der Waals surface area contributed by atoms with Gasteiger partial charge in [-0.2, -0.15) is 0 Å². The number of para-hydroxylation sites is 2. The summed E-state index contributed by atoms with van der Waals surface area (Å²) in [5, 5.41) is 0. The van der Waals surface area contributed by atoms with Crippen LogP contribution >= 0.6 is 23.5 Å². The molecule has 0 aliphatic carbocycles. The lowest BCUT2D eigenvalue weighted by Gasteiger charge is -2.18. The Labute approximate surface area is 138 Å². The number of hydrogen-bond acceptors (Lipinski definition) is 4. The van der Waals surface area contributed by atoms with E-state index in [2.05, 4.69) is 11.1 Å². The Kier molecular flexibility index (Phi) is 4.85. The third-order valence-electron chi connectivity index (χ3n) is 3.39. The van der Waals surface area contributed by atoms with Crippen molar-refractivity contribution in [1.29, 1.82) is 0 Å². The third-order valence-corrected chi connectivity index (χ3v) is 5.62. The largest absolute Gasteiger partial charge is 0.315 e. The average Bonchev–Trinajstić information content (AvgIpc) is 2.59. The molecule has 0 bridgehead atoms. The van der Waals surface area contributed by atoms with Crippen LogP contribution in [0.25, 0.3) is 0 Å². The standard InChI is InChI=1S/C17H16N2OS2/c1-19(14-8-3-2-4-9-14)16(20)12-22-17-18-15-10-6-5-7-13(15)11-21-17/h2-10H,11-12H2,1H3. The molecule has 0 spiro atoms. The lowest BCUT2D eigenvalue weighted by atomic mass is 10.2. The van der Waals surface area contributed by atoms with Crippen LogP contribution in [-0.2, 0) is 10.5 Å². The molecule has 2 aromatic rings. The fraction of sp³-hybridized carbons (Fsp3) is 0.176. The van der Waals surface area contributed by atoms with Crippen molar-refractivity contribution in [3.8, 4) is 0 Å². The summed E-state index contributed by atoms with van der Waals surface area (Å²) in [6.07, 6.45) is 0. The van der Waals surface area contributed by atoms with E-state index in [0.717, 1.165) is 21.5 Å².